The quantitative estimate of drug-likeness (QED) is 0.565. The normalized spacial score (nSPS) is 11.0. The zero-order valence-electron chi connectivity index (χ0n) is 13.2. The Morgan fingerprint density at radius 1 is 1.12 bits per heavy atom. The van der Waals surface area contributed by atoms with E-state index in [4.69, 9.17) is 4.42 Å². The van der Waals surface area contributed by atoms with E-state index in [9.17, 15) is 0 Å². The highest BCUT2D eigenvalue weighted by atomic mass is 16.3. The predicted molar refractivity (Wildman–Crippen MR) is 87.9 cm³/mol. The van der Waals surface area contributed by atoms with Gasteiger partial charge in [-0.25, -0.2) is 15.0 Å². The molecule has 0 atom stereocenters. The van der Waals surface area contributed by atoms with Gasteiger partial charge in [-0.15, -0.1) is 0 Å². The summed E-state index contributed by atoms with van der Waals surface area (Å²) in [4.78, 5) is 13.2. The van der Waals surface area contributed by atoms with Gasteiger partial charge in [0.1, 0.15) is 5.82 Å². The molecule has 4 heterocycles. The Labute approximate surface area is 138 Å². The third-order valence-electron chi connectivity index (χ3n) is 3.77. The van der Waals surface area contributed by atoms with Gasteiger partial charge in [0.15, 0.2) is 11.6 Å². The van der Waals surface area contributed by atoms with Gasteiger partial charge in [-0.05, 0) is 24.1 Å². The number of nitrogens with zero attached hydrogens (tertiary/aromatic N) is 6. The first-order chi connectivity index (χ1) is 11.8. The maximum absolute atomic E-state index is 5.31. The van der Waals surface area contributed by atoms with Crippen LogP contribution >= 0.6 is 0 Å². The fourth-order valence-corrected chi connectivity index (χ4v) is 2.58. The molecule has 0 aliphatic rings. The number of furan rings is 1. The van der Waals surface area contributed by atoms with E-state index in [1.807, 2.05) is 42.5 Å². The molecule has 0 aliphatic heterocycles. The van der Waals surface area contributed by atoms with Gasteiger partial charge in [0.2, 0.25) is 0 Å². The van der Waals surface area contributed by atoms with Crippen LogP contribution in [0.3, 0.4) is 0 Å². The minimum Gasteiger partial charge on any atom is -0.461 e. The van der Waals surface area contributed by atoms with Crippen molar-refractivity contribution < 1.29 is 4.42 Å². The van der Waals surface area contributed by atoms with Crippen LogP contribution in [0, 0.1) is 0 Å². The Morgan fingerprint density at radius 2 is 2.00 bits per heavy atom. The second kappa shape index (κ2) is 6.11. The number of hydrogen-bond acceptors (Lipinski definition) is 5. The van der Waals surface area contributed by atoms with E-state index in [0.29, 0.717) is 11.6 Å². The predicted octanol–water partition coefficient (Wildman–Crippen LogP) is 2.58. The summed E-state index contributed by atoms with van der Waals surface area (Å²) in [5.41, 5.74) is 2.07. The Kier molecular flexibility index (Phi) is 3.66. The third-order valence-corrected chi connectivity index (χ3v) is 3.77. The van der Waals surface area contributed by atoms with Crippen molar-refractivity contribution in [3.05, 3.63) is 61.1 Å². The first-order valence-corrected chi connectivity index (χ1v) is 7.64. The van der Waals surface area contributed by atoms with Crippen molar-refractivity contribution in [2.75, 3.05) is 0 Å². The lowest BCUT2D eigenvalue weighted by Gasteiger charge is -2.07. The molecule has 0 bridgehead atoms. The maximum atomic E-state index is 5.31. The lowest BCUT2D eigenvalue weighted by Crippen LogP contribution is -2.03. The molecular weight excluding hydrogens is 304 g/mol. The maximum Gasteiger partial charge on any atom is 0.195 e. The minimum absolute atomic E-state index is 0.567. The Hall–Kier alpha value is -3.22. The van der Waals surface area contributed by atoms with Crippen LogP contribution in [0.4, 0.5) is 0 Å². The smallest absolute Gasteiger partial charge is 0.195 e. The Bertz CT molecular complexity index is 920. The van der Waals surface area contributed by atoms with E-state index in [1.54, 1.807) is 24.9 Å². The summed E-state index contributed by atoms with van der Waals surface area (Å²) in [5, 5.41) is 4.19. The Balaban J connectivity index is 1.53. The van der Waals surface area contributed by atoms with Crippen LogP contribution in [0.25, 0.3) is 23.0 Å². The van der Waals surface area contributed by atoms with Crippen LogP contribution in [0.1, 0.15) is 5.56 Å². The van der Waals surface area contributed by atoms with E-state index < -0.39 is 0 Å². The minimum atomic E-state index is 0.567. The van der Waals surface area contributed by atoms with Crippen molar-refractivity contribution in [3.63, 3.8) is 0 Å². The second-order valence-electron chi connectivity index (χ2n) is 5.49. The van der Waals surface area contributed by atoms with Crippen LogP contribution in [0.5, 0.6) is 0 Å². The van der Waals surface area contributed by atoms with E-state index in [0.717, 1.165) is 24.4 Å². The van der Waals surface area contributed by atoms with E-state index in [2.05, 4.69) is 24.6 Å². The molecule has 4 aromatic heterocycles. The van der Waals surface area contributed by atoms with Crippen molar-refractivity contribution in [1.29, 1.82) is 0 Å². The average Bonchev–Trinajstić information content (AvgIpc) is 3.35. The Morgan fingerprint density at radius 3 is 2.71 bits per heavy atom. The summed E-state index contributed by atoms with van der Waals surface area (Å²) in [7, 11) is 1.92. The summed E-state index contributed by atoms with van der Waals surface area (Å²) in [6.45, 7) is 0.820. The van der Waals surface area contributed by atoms with Gasteiger partial charge < -0.3 is 8.98 Å². The largest absolute Gasteiger partial charge is 0.461 e. The van der Waals surface area contributed by atoms with E-state index >= 15 is 0 Å². The van der Waals surface area contributed by atoms with Crippen LogP contribution in [0.15, 0.2) is 60.0 Å². The van der Waals surface area contributed by atoms with Crippen molar-refractivity contribution in [3.8, 4) is 23.0 Å². The van der Waals surface area contributed by atoms with Gasteiger partial charge in [-0.2, -0.15) is 5.10 Å². The summed E-state index contributed by atoms with van der Waals surface area (Å²) in [6.07, 6.45) is 13.7. The van der Waals surface area contributed by atoms with E-state index in [-0.39, 0.29) is 0 Å². The molecule has 24 heavy (non-hydrogen) atoms. The third kappa shape index (κ3) is 2.83. The number of hydrogen-bond donors (Lipinski definition) is 0. The molecule has 120 valence electrons. The fraction of sp³-hybridized carbons (Fsp3) is 0.176. The number of aromatic nitrogens is 6. The van der Waals surface area contributed by atoms with Gasteiger partial charge in [0, 0.05) is 44.6 Å². The molecule has 0 saturated carbocycles. The molecule has 0 amide bonds. The molecule has 0 saturated heterocycles. The van der Waals surface area contributed by atoms with Gasteiger partial charge in [0.05, 0.1) is 18.0 Å². The van der Waals surface area contributed by atoms with Crippen molar-refractivity contribution in [1.82, 2.24) is 29.3 Å². The molecule has 7 heteroatoms. The molecule has 0 aromatic carbocycles. The van der Waals surface area contributed by atoms with Gasteiger partial charge in [0.25, 0.3) is 0 Å². The first-order valence-electron chi connectivity index (χ1n) is 7.64. The van der Waals surface area contributed by atoms with Gasteiger partial charge in [-0.1, -0.05) is 0 Å². The van der Waals surface area contributed by atoms with Crippen molar-refractivity contribution in [2.45, 2.75) is 13.0 Å². The summed E-state index contributed by atoms with van der Waals surface area (Å²) in [5.74, 6) is 2.07. The molecule has 7 nitrogen and oxygen atoms in total. The van der Waals surface area contributed by atoms with Crippen molar-refractivity contribution >= 4 is 0 Å². The molecule has 0 radical (unpaired) electrons. The number of imidazole rings is 1. The van der Waals surface area contributed by atoms with Crippen LogP contribution < -0.4 is 0 Å². The number of aryl methyl sites for hydroxylation is 3. The highest BCUT2D eigenvalue weighted by Crippen LogP contribution is 2.19. The standard InChI is InChI=1S/C17H16N6O/c1-22-12-13(9-21-22)4-6-23-7-5-18-17(23)14-10-19-16(20-11-14)15-3-2-8-24-15/h2-3,5,7-12H,4,6H2,1H3. The molecule has 4 rings (SSSR count). The topological polar surface area (TPSA) is 74.6 Å². The number of rotatable bonds is 5. The van der Waals surface area contributed by atoms with E-state index in [1.165, 1.54) is 5.56 Å². The molecule has 0 spiro atoms. The summed E-state index contributed by atoms with van der Waals surface area (Å²) >= 11 is 0. The van der Waals surface area contributed by atoms with Crippen LogP contribution in [-0.2, 0) is 20.0 Å². The SMILES string of the molecule is Cn1cc(CCn2ccnc2-c2cnc(-c3ccco3)nc2)cn1. The van der Waals surface area contributed by atoms with Crippen LogP contribution in [0.2, 0.25) is 0 Å². The highest BCUT2D eigenvalue weighted by molar-refractivity contribution is 5.55. The highest BCUT2D eigenvalue weighted by Gasteiger charge is 2.10. The zero-order chi connectivity index (χ0) is 16.4. The monoisotopic (exact) mass is 320 g/mol. The molecule has 0 N–H and O–H groups in total. The lowest BCUT2D eigenvalue weighted by molar-refractivity contribution is 0.577. The molecule has 4 aromatic rings. The van der Waals surface area contributed by atoms with Gasteiger partial charge >= 0.3 is 0 Å². The molecular formula is C17H16N6O. The molecule has 0 aliphatic carbocycles. The average molecular weight is 320 g/mol. The van der Waals surface area contributed by atoms with Crippen molar-refractivity contribution in [2.24, 2.45) is 7.05 Å². The molecule has 0 unspecified atom stereocenters. The first kappa shape index (κ1) is 14.4. The van der Waals surface area contributed by atoms with Crippen LogP contribution in [-0.4, -0.2) is 29.3 Å². The zero-order valence-corrected chi connectivity index (χ0v) is 13.2. The molecule has 0 fully saturated rings. The lowest BCUT2D eigenvalue weighted by atomic mass is 10.2. The van der Waals surface area contributed by atoms with Gasteiger partial charge in [-0.3, -0.25) is 4.68 Å². The summed E-state index contributed by atoms with van der Waals surface area (Å²) < 4.78 is 9.22. The fourth-order valence-electron chi connectivity index (χ4n) is 2.58. The summed E-state index contributed by atoms with van der Waals surface area (Å²) in [6, 6.07) is 3.65. The second-order valence-corrected chi connectivity index (χ2v) is 5.49.